The first kappa shape index (κ1) is 18.4. The summed E-state index contributed by atoms with van der Waals surface area (Å²) in [5.41, 5.74) is 7.45. The first-order chi connectivity index (χ1) is 12.8. The summed E-state index contributed by atoms with van der Waals surface area (Å²) in [5, 5.41) is 2.59. The van der Waals surface area contributed by atoms with Crippen molar-refractivity contribution in [1.29, 1.82) is 0 Å². The molecule has 1 heterocycles. The van der Waals surface area contributed by atoms with E-state index in [1.807, 2.05) is 6.07 Å². The zero-order valence-electron chi connectivity index (χ0n) is 14.1. The van der Waals surface area contributed by atoms with Gasteiger partial charge in [-0.3, -0.25) is 4.79 Å². The third kappa shape index (κ3) is 4.63. The zero-order valence-corrected chi connectivity index (χ0v) is 14.1. The minimum atomic E-state index is -4.42. The molecule has 0 bridgehead atoms. The number of aromatic nitrogens is 1. The third-order valence-corrected chi connectivity index (χ3v) is 3.87. The van der Waals surface area contributed by atoms with Crippen molar-refractivity contribution in [2.45, 2.75) is 12.7 Å². The summed E-state index contributed by atoms with van der Waals surface area (Å²) in [7, 11) is 0. The largest absolute Gasteiger partial charge is 0.416 e. The van der Waals surface area contributed by atoms with Crippen molar-refractivity contribution < 1.29 is 18.0 Å². The first-order valence-corrected chi connectivity index (χ1v) is 8.10. The predicted octanol–water partition coefficient (Wildman–Crippen LogP) is 4.28. The minimum Gasteiger partial charge on any atom is -0.399 e. The van der Waals surface area contributed by atoms with Gasteiger partial charge in [0.2, 0.25) is 0 Å². The van der Waals surface area contributed by atoms with Gasteiger partial charge in [-0.2, -0.15) is 13.2 Å². The van der Waals surface area contributed by atoms with E-state index in [4.69, 9.17) is 5.73 Å². The summed E-state index contributed by atoms with van der Waals surface area (Å²) in [4.78, 5) is 16.6. The minimum absolute atomic E-state index is 0.0348. The van der Waals surface area contributed by atoms with Crippen LogP contribution in [-0.4, -0.2) is 10.9 Å². The molecule has 0 aliphatic heterocycles. The van der Waals surface area contributed by atoms with Crippen molar-refractivity contribution in [3.05, 3.63) is 83.6 Å². The second-order valence-corrected chi connectivity index (χ2v) is 5.91. The Labute approximate surface area is 153 Å². The molecule has 3 rings (SSSR count). The van der Waals surface area contributed by atoms with E-state index >= 15 is 0 Å². The van der Waals surface area contributed by atoms with Gasteiger partial charge in [0.25, 0.3) is 5.91 Å². The highest BCUT2D eigenvalue weighted by Gasteiger charge is 2.30. The maximum Gasteiger partial charge on any atom is 0.416 e. The number of nitrogen functional groups attached to an aromatic ring is 1. The molecule has 1 aromatic heterocycles. The van der Waals surface area contributed by atoms with Gasteiger partial charge in [0.1, 0.15) is 5.69 Å². The molecule has 3 aromatic rings. The molecule has 138 valence electrons. The fourth-order valence-corrected chi connectivity index (χ4v) is 2.55. The number of hydrogen-bond acceptors (Lipinski definition) is 3. The van der Waals surface area contributed by atoms with Crippen molar-refractivity contribution in [1.82, 2.24) is 10.3 Å². The Kier molecular flexibility index (Phi) is 5.12. The Morgan fingerprint density at radius 3 is 2.48 bits per heavy atom. The van der Waals surface area contributed by atoms with Crippen LogP contribution in [0.4, 0.5) is 18.9 Å². The molecule has 1 amide bonds. The first-order valence-electron chi connectivity index (χ1n) is 8.10. The monoisotopic (exact) mass is 371 g/mol. The summed E-state index contributed by atoms with van der Waals surface area (Å²) >= 11 is 0. The van der Waals surface area contributed by atoms with Gasteiger partial charge >= 0.3 is 6.18 Å². The van der Waals surface area contributed by atoms with E-state index in [0.29, 0.717) is 16.9 Å². The number of pyridine rings is 1. The second-order valence-electron chi connectivity index (χ2n) is 5.91. The average Bonchev–Trinajstić information content (AvgIpc) is 2.66. The lowest BCUT2D eigenvalue weighted by molar-refractivity contribution is -0.137. The zero-order chi connectivity index (χ0) is 19.4. The van der Waals surface area contributed by atoms with Gasteiger partial charge < -0.3 is 11.1 Å². The van der Waals surface area contributed by atoms with Gasteiger partial charge in [-0.1, -0.05) is 30.3 Å². The Hall–Kier alpha value is -3.35. The van der Waals surface area contributed by atoms with E-state index in [9.17, 15) is 18.0 Å². The van der Waals surface area contributed by atoms with Crippen molar-refractivity contribution >= 4 is 11.6 Å². The molecule has 7 heteroatoms. The SMILES string of the molecule is Nc1cccc(-c2cccc(C(=O)NCc3cccc(C(F)(F)F)c3)n2)c1. The van der Waals surface area contributed by atoms with Crippen LogP contribution in [0.1, 0.15) is 21.6 Å². The number of rotatable bonds is 4. The number of nitrogens with one attached hydrogen (secondary N) is 1. The molecule has 0 unspecified atom stereocenters. The fourth-order valence-electron chi connectivity index (χ4n) is 2.55. The third-order valence-electron chi connectivity index (χ3n) is 3.87. The van der Waals surface area contributed by atoms with E-state index in [1.54, 1.807) is 30.3 Å². The van der Waals surface area contributed by atoms with Crippen LogP contribution in [0, 0.1) is 0 Å². The lowest BCUT2D eigenvalue weighted by atomic mass is 10.1. The number of amides is 1. The van der Waals surface area contributed by atoms with E-state index < -0.39 is 17.6 Å². The smallest absolute Gasteiger partial charge is 0.399 e. The maximum absolute atomic E-state index is 12.8. The van der Waals surface area contributed by atoms with Gasteiger partial charge in [-0.25, -0.2) is 4.98 Å². The number of alkyl halides is 3. The molecule has 0 spiro atoms. The Bertz CT molecular complexity index is 970. The quantitative estimate of drug-likeness (QED) is 0.673. The van der Waals surface area contributed by atoms with Gasteiger partial charge in [0.05, 0.1) is 11.3 Å². The Morgan fingerprint density at radius 1 is 1.00 bits per heavy atom. The number of nitrogens with two attached hydrogens (primary N) is 1. The molecule has 0 radical (unpaired) electrons. The molecular formula is C20H16F3N3O. The Morgan fingerprint density at radius 2 is 1.74 bits per heavy atom. The molecular weight excluding hydrogens is 355 g/mol. The highest BCUT2D eigenvalue weighted by Crippen LogP contribution is 2.29. The molecule has 0 saturated carbocycles. The van der Waals surface area contributed by atoms with Crippen LogP contribution >= 0.6 is 0 Å². The average molecular weight is 371 g/mol. The van der Waals surface area contributed by atoms with E-state index in [-0.39, 0.29) is 12.2 Å². The van der Waals surface area contributed by atoms with Crippen LogP contribution in [0.2, 0.25) is 0 Å². The molecule has 4 nitrogen and oxygen atoms in total. The number of nitrogens with zero attached hydrogens (tertiary/aromatic N) is 1. The molecule has 0 aliphatic rings. The summed E-state index contributed by atoms with van der Waals surface area (Å²) < 4.78 is 38.3. The topological polar surface area (TPSA) is 68.0 Å². The highest BCUT2D eigenvalue weighted by molar-refractivity contribution is 5.92. The van der Waals surface area contributed by atoms with Gasteiger partial charge in [0, 0.05) is 17.8 Å². The van der Waals surface area contributed by atoms with Crippen LogP contribution in [0.25, 0.3) is 11.3 Å². The van der Waals surface area contributed by atoms with E-state index in [0.717, 1.165) is 17.7 Å². The fraction of sp³-hybridized carbons (Fsp3) is 0.100. The highest BCUT2D eigenvalue weighted by atomic mass is 19.4. The molecule has 0 aliphatic carbocycles. The van der Waals surface area contributed by atoms with Crippen LogP contribution in [0.5, 0.6) is 0 Å². The number of carbonyl (C=O) groups is 1. The van der Waals surface area contributed by atoms with E-state index in [2.05, 4.69) is 10.3 Å². The molecule has 0 fully saturated rings. The van der Waals surface area contributed by atoms with Crippen molar-refractivity contribution in [2.75, 3.05) is 5.73 Å². The summed E-state index contributed by atoms with van der Waals surface area (Å²) in [6, 6.07) is 16.9. The number of carbonyl (C=O) groups excluding carboxylic acids is 1. The number of benzene rings is 2. The molecule has 3 N–H and O–H groups in total. The number of hydrogen-bond donors (Lipinski definition) is 2. The van der Waals surface area contributed by atoms with Crippen LogP contribution < -0.4 is 11.1 Å². The van der Waals surface area contributed by atoms with E-state index in [1.165, 1.54) is 18.2 Å². The lowest BCUT2D eigenvalue weighted by Crippen LogP contribution is -2.24. The molecule has 0 saturated heterocycles. The van der Waals surface area contributed by atoms with Crippen LogP contribution in [0.3, 0.4) is 0 Å². The number of anilines is 1. The van der Waals surface area contributed by atoms with Gasteiger partial charge in [-0.05, 0) is 42.0 Å². The van der Waals surface area contributed by atoms with Crippen molar-refractivity contribution in [2.24, 2.45) is 0 Å². The summed E-state index contributed by atoms with van der Waals surface area (Å²) in [5.74, 6) is -0.474. The molecule has 27 heavy (non-hydrogen) atoms. The van der Waals surface area contributed by atoms with Gasteiger partial charge in [0.15, 0.2) is 0 Å². The second kappa shape index (κ2) is 7.49. The molecule has 2 aromatic carbocycles. The maximum atomic E-state index is 12.8. The normalized spacial score (nSPS) is 11.2. The molecule has 0 atom stereocenters. The standard InChI is InChI=1S/C20H16F3N3O/c21-20(22,23)15-6-1-4-13(10-15)12-25-19(27)18-9-3-8-17(26-18)14-5-2-7-16(24)11-14/h1-11H,12,24H2,(H,25,27). The van der Waals surface area contributed by atoms with Crippen LogP contribution in [0.15, 0.2) is 66.7 Å². The van der Waals surface area contributed by atoms with Crippen molar-refractivity contribution in [3.63, 3.8) is 0 Å². The predicted molar refractivity (Wildman–Crippen MR) is 96.7 cm³/mol. The van der Waals surface area contributed by atoms with Crippen LogP contribution in [-0.2, 0) is 12.7 Å². The Balaban J connectivity index is 1.73. The van der Waals surface area contributed by atoms with Gasteiger partial charge in [-0.15, -0.1) is 0 Å². The lowest BCUT2D eigenvalue weighted by Gasteiger charge is -2.10. The summed E-state index contributed by atoms with van der Waals surface area (Å²) in [6.45, 7) is -0.0348. The number of halogens is 3. The van der Waals surface area contributed by atoms with Crippen molar-refractivity contribution in [3.8, 4) is 11.3 Å². The summed E-state index contributed by atoms with van der Waals surface area (Å²) in [6.07, 6.45) is -4.42.